The molecule has 1 aliphatic heterocycles. The molecule has 26 heavy (non-hydrogen) atoms. The van der Waals surface area contributed by atoms with Crippen molar-refractivity contribution in [2.45, 2.75) is 63.5 Å². The summed E-state index contributed by atoms with van der Waals surface area (Å²) in [6.07, 6.45) is 4.21. The molecule has 3 rings (SSSR count). The Morgan fingerprint density at radius 1 is 1.23 bits per heavy atom. The first-order chi connectivity index (χ1) is 12.5. The van der Waals surface area contributed by atoms with Crippen molar-refractivity contribution in [3.8, 4) is 6.07 Å². The van der Waals surface area contributed by atoms with Crippen LogP contribution in [0.3, 0.4) is 0 Å². The van der Waals surface area contributed by atoms with Gasteiger partial charge >= 0.3 is 0 Å². The summed E-state index contributed by atoms with van der Waals surface area (Å²) in [7, 11) is 0. The molecule has 3 nitrogen and oxygen atoms in total. The molecule has 0 aliphatic carbocycles. The van der Waals surface area contributed by atoms with E-state index in [-0.39, 0.29) is 4.75 Å². The molecule has 0 saturated heterocycles. The molecule has 4 heteroatoms. The van der Waals surface area contributed by atoms with Crippen molar-refractivity contribution in [3.63, 3.8) is 0 Å². The van der Waals surface area contributed by atoms with Crippen molar-refractivity contribution in [2.75, 3.05) is 5.32 Å². The quantitative estimate of drug-likeness (QED) is 0.737. The number of fused-ring (bicyclic) bond motifs is 1. The van der Waals surface area contributed by atoms with Crippen molar-refractivity contribution in [1.29, 1.82) is 5.26 Å². The minimum atomic E-state index is 0.165. The van der Waals surface area contributed by atoms with Gasteiger partial charge in [-0.1, -0.05) is 57.5 Å². The highest BCUT2D eigenvalue weighted by Crippen LogP contribution is 2.42. The van der Waals surface area contributed by atoms with E-state index < -0.39 is 0 Å². The maximum absolute atomic E-state index is 9.87. The number of anilines is 1. The Kier molecular flexibility index (Phi) is 5.88. The second kappa shape index (κ2) is 8.14. The summed E-state index contributed by atoms with van der Waals surface area (Å²) in [5.41, 5.74) is 5.64. The lowest BCUT2D eigenvalue weighted by Gasteiger charge is -2.33. The Morgan fingerprint density at radius 2 is 2.00 bits per heavy atom. The van der Waals surface area contributed by atoms with Crippen LogP contribution >= 0.6 is 11.8 Å². The standard InChI is InChI=1S/C22H27N3S/c1-4-5-11-20-19-15-26-22(2,3)12-17(19)18(13-23)21(25-20)24-14-16-9-7-6-8-10-16/h6-10H,4-5,11-12,14-15H2,1-3H3,(H,24,25). The van der Waals surface area contributed by atoms with Gasteiger partial charge in [0, 0.05) is 22.7 Å². The summed E-state index contributed by atoms with van der Waals surface area (Å²) in [5.74, 6) is 1.71. The van der Waals surface area contributed by atoms with Crippen molar-refractivity contribution in [3.05, 3.63) is 58.3 Å². The Balaban J connectivity index is 1.98. The van der Waals surface area contributed by atoms with Crippen molar-refractivity contribution < 1.29 is 0 Å². The lowest BCUT2D eigenvalue weighted by atomic mass is 9.91. The van der Waals surface area contributed by atoms with E-state index in [4.69, 9.17) is 4.98 Å². The van der Waals surface area contributed by atoms with Crippen LogP contribution in [0.4, 0.5) is 5.82 Å². The van der Waals surface area contributed by atoms with Gasteiger partial charge in [-0.25, -0.2) is 4.98 Å². The third-order valence-corrected chi connectivity index (χ3v) is 6.25. The number of pyridine rings is 1. The van der Waals surface area contributed by atoms with E-state index in [1.54, 1.807) is 0 Å². The zero-order valence-corrected chi connectivity index (χ0v) is 16.7. The van der Waals surface area contributed by atoms with Gasteiger partial charge in [0.15, 0.2) is 0 Å². The van der Waals surface area contributed by atoms with Gasteiger partial charge in [-0.15, -0.1) is 0 Å². The summed E-state index contributed by atoms with van der Waals surface area (Å²) in [4.78, 5) is 4.91. The number of nitrogens with one attached hydrogen (secondary N) is 1. The molecule has 0 amide bonds. The fourth-order valence-electron chi connectivity index (χ4n) is 3.42. The van der Waals surface area contributed by atoms with Gasteiger partial charge in [-0.2, -0.15) is 17.0 Å². The van der Waals surface area contributed by atoms with Crippen molar-refractivity contribution >= 4 is 17.6 Å². The molecule has 136 valence electrons. The first kappa shape index (κ1) is 18.8. The number of nitrogens with zero attached hydrogens (tertiary/aromatic N) is 2. The normalized spacial score (nSPS) is 15.2. The largest absolute Gasteiger partial charge is 0.365 e. The zero-order valence-electron chi connectivity index (χ0n) is 15.9. The molecule has 0 atom stereocenters. The van der Waals surface area contributed by atoms with E-state index in [2.05, 4.69) is 44.3 Å². The molecule has 0 saturated carbocycles. The number of hydrogen-bond donors (Lipinski definition) is 1. The topological polar surface area (TPSA) is 48.7 Å². The molecule has 1 aromatic carbocycles. The number of unbranched alkanes of at least 4 members (excludes halogenated alkanes) is 1. The van der Waals surface area contributed by atoms with Gasteiger partial charge in [-0.05, 0) is 36.0 Å². The number of nitriles is 1. The molecule has 0 spiro atoms. The van der Waals surface area contributed by atoms with Crippen LogP contribution in [-0.2, 0) is 25.1 Å². The van der Waals surface area contributed by atoms with Crippen molar-refractivity contribution in [2.24, 2.45) is 0 Å². The van der Waals surface area contributed by atoms with Crippen LogP contribution in [0.1, 0.15) is 61.6 Å². The lowest BCUT2D eigenvalue weighted by Crippen LogP contribution is -2.26. The molecule has 2 heterocycles. The highest BCUT2D eigenvalue weighted by atomic mass is 32.2. The van der Waals surface area contributed by atoms with Gasteiger partial charge in [0.25, 0.3) is 0 Å². The number of benzene rings is 1. The second-order valence-electron chi connectivity index (χ2n) is 7.52. The van der Waals surface area contributed by atoms with E-state index >= 15 is 0 Å². The van der Waals surface area contributed by atoms with Crippen LogP contribution in [0.5, 0.6) is 0 Å². The summed E-state index contributed by atoms with van der Waals surface area (Å²) in [6.45, 7) is 7.44. The van der Waals surface area contributed by atoms with Crippen LogP contribution in [0.2, 0.25) is 0 Å². The maximum atomic E-state index is 9.87. The number of aromatic nitrogens is 1. The first-order valence-electron chi connectivity index (χ1n) is 9.40. The van der Waals surface area contributed by atoms with Crippen molar-refractivity contribution in [1.82, 2.24) is 4.98 Å². The molecule has 2 aromatic rings. The molecular weight excluding hydrogens is 338 g/mol. The molecule has 0 radical (unpaired) electrons. The predicted octanol–water partition coefficient (Wildman–Crippen LogP) is 5.48. The van der Waals surface area contributed by atoms with E-state index in [1.165, 1.54) is 22.4 Å². The highest BCUT2D eigenvalue weighted by molar-refractivity contribution is 7.99. The number of rotatable bonds is 6. The molecule has 0 unspecified atom stereocenters. The molecule has 0 bridgehead atoms. The van der Waals surface area contributed by atoms with Gasteiger partial charge in [0.05, 0.1) is 5.56 Å². The highest BCUT2D eigenvalue weighted by Gasteiger charge is 2.31. The first-order valence-corrected chi connectivity index (χ1v) is 10.4. The minimum Gasteiger partial charge on any atom is -0.365 e. The van der Waals surface area contributed by atoms with Crippen LogP contribution in [0.25, 0.3) is 0 Å². The lowest BCUT2D eigenvalue weighted by molar-refractivity contribution is 0.682. The molecule has 1 aromatic heterocycles. The number of hydrogen-bond acceptors (Lipinski definition) is 4. The van der Waals surface area contributed by atoms with Gasteiger partial charge in [-0.3, -0.25) is 0 Å². The summed E-state index contributed by atoms with van der Waals surface area (Å²) in [6, 6.07) is 12.7. The zero-order chi connectivity index (χ0) is 18.6. The molecule has 1 N–H and O–H groups in total. The minimum absolute atomic E-state index is 0.165. The fourth-order valence-corrected chi connectivity index (χ4v) is 4.54. The number of thioether (sulfide) groups is 1. The fraction of sp³-hybridized carbons (Fsp3) is 0.455. The van der Waals surface area contributed by atoms with Gasteiger partial charge < -0.3 is 5.32 Å². The number of aryl methyl sites for hydroxylation is 1. The second-order valence-corrected chi connectivity index (χ2v) is 9.20. The van der Waals surface area contributed by atoms with Gasteiger partial charge in [0.1, 0.15) is 11.9 Å². The smallest absolute Gasteiger partial charge is 0.144 e. The predicted molar refractivity (Wildman–Crippen MR) is 110 cm³/mol. The Morgan fingerprint density at radius 3 is 2.69 bits per heavy atom. The van der Waals surface area contributed by atoms with E-state index in [0.29, 0.717) is 6.54 Å². The maximum Gasteiger partial charge on any atom is 0.144 e. The van der Waals surface area contributed by atoms with E-state index in [9.17, 15) is 5.26 Å². The van der Waals surface area contributed by atoms with Crippen LogP contribution in [-0.4, -0.2) is 9.73 Å². The summed E-state index contributed by atoms with van der Waals surface area (Å²) >= 11 is 1.98. The summed E-state index contributed by atoms with van der Waals surface area (Å²) < 4.78 is 0.165. The molecule has 0 fully saturated rings. The summed E-state index contributed by atoms with van der Waals surface area (Å²) in [5, 5.41) is 13.3. The van der Waals surface area contributed by atoms with Crippen LogP contribution in [0, 0.1) is 11.3 Å². The van der Waals surface area contributed by atoms with E-state index in [1.807, 2.05) is 30.0 Å². The third-order valence-electron chi connectivity index (χ3n) is 4.89. The Labute approximate surface area is 161 Å². The average molecular weight is 366 g/mol. The SMILES string of the molecule is CCCCc1nc(NCc2ccccc2)c(C#N)c2c1CSC(C)(C)C2. The molecular formula is C22H27N3S. The van der Waals surface area contributed by atoms with Crippen LogP contribution in [0.15, 0.2) is 30.3 Å². The monoisotopic (exact) mass is 365 g/mol. The third kappa shape index (κ3) is 4.22. The Bertz CT molecular complexity index is 806. The van der Waals surface area contributed by atoms with E-state index in [0.717, 1.165) is 42.8 Å². The molecule has 1 aliphatic rings. The Hall–Kier alpha value is -1.99. The van der Waals surface area contributed by atoms with Crippen LogP contribution < -0.4 is 5.32 Å². The average Bonchev–Trinajstić information content (AvgIpc) is 2.64. The van der Waals surface area contributed by atoms with Gasteiger partial charge in [0.2, 0.25) is 0 Å².